The highest BCUT2D eigenvalue weighted by molar-refractivity contribution is 6.07. The fourth-order valence-corrected chi connectivity index (χ4v) is 12.7. The van der Waals surface area contributed by atoms with Crippen molar-refractivity contribution in [3.63, 3.8) is 0 Å². The maximum absolute atomic E-state index is 15.4. The first-order valence-electron chi connectivity index (χ1n) is 30.2. The van der Waals surface area contributed by atoms with Crippen LogP contribution in [-0.2, 0) is 64.7 Å². The van der Waals surface area contributed by atoms with Crippen LogP contribution in [0.2, 0.25) is 0 Å². The van der Waals surface area contributed by atoms with E-state index in [9.17, 15) is 28.7 Å². The number of likely N-dealkylation sites (N-methyl/N-ethyl adjacent to an activating group) is 1. The van der Waals surface area contributed by atoms with Gasteiger partial charge in [0.2, 0.25) is 29.5 Å². The minimum absolute atomic E-state index is 0.00954. The Morgan fingerprint density at radius 1 is 0.860 bits per heavy atom. The summed E-state index contributed by atoms with van der Waals surface area (Å²) in [6.07, 6.45) is 1.34. The van der Waals surface area contributed by atoms with Gasteiger partial charge in [0.05, 0.1) is 31.2 Å². The number of carbonyl (C=O) groups is 7. The van der Waals surface area contributed by atoms with Crippen LogP contribution in [0.4, 0.5) is 25.4 Å². The predicted molar refractivity (Wildman–Crippen MR) is 325 cm³/mol. The molecule has 20 heteroatoms. The van der Waals surface area contributed by atoms with E-state index in [1.54, 1.807) is 50.8 Å². The molecule has 0 saturated carbocycles. The molecular weight excluding hydrogens is 1100 g/mol. The zero-order valence-corrected chi connectivity index (χ0v) is 51.7. The summed E-state index contributed by atoms with van der Waals surface area (Å²) in [6.45, 7) is 20.7. The summed E-state index contributed by atoms with van der Waals surface area (Å²) >= 11 is 0. The minimum atomic E-state index is -1.29. The lowest BCUT2D eigenvalue weighted by Gasteiger charge is -2.47. The molecule has 0 aromatic heterocycles. The second-order valence-corrected chi connectivity index (χ2v) is 26.6. The molecule has 4 aromatic carbocycles. The van der Waals surface area contributed by atoms with Crippen molar-refractivity contribution in [3.05, 3.63) is 130 Å². The Hall–Kier alpha value is -7.42. The highest BCUT2D eigenvalue weighted by Crippen LogP contribution is 2.43. The lowest BCUT2D eigenvalue weighted by Crippen LogP contribution is -2.64. The molecule has 4 heterocycles. The Bertz CT molecular complexity index is 3220. The third-order valence-electron chi connectivity index (χ3n) is 17.9. The van der Waals surface area contributed by atoms with E-state index in [2.05, 4.69) is 38.7 Å². The number of ether oxygens (including phenoxy) is 2. The van der Waals surface area contributed by atoms with Gasteiger partial charge in [-0.3, -0.25) is 38.7 Å². The van der Waals surface area contributed by atoms with E-state index in [0.29, 0.717) is 61.8 Å². The molecule has 2 fully saturated rings. The molecule has 0 spiro atoms. The molecule has 1 aliphatic carbocycles. The molecule has 4 N–H and O–H groups in total. The second kappa shape index (κ2) is 25.5. The Kier molecular flexibility index (Phi) is 18.7. The van der Waals surface area contributed by atoms with Gasteiger partial charge in [-0.15, -0.1) is 0 Å². The van der Waals surface area contributed by atoms with Crippen LogP contribution < -0.4 is 20.9 Å². The van der Waals surface area contributed by atoms with Crippen molar-refractivity contribution in [1.29, 1.82) is 0 Å². The number of aryl methyl sites for hydroxylation is 1. The number of halogens is 1. The number of morpholine rings is 1. The maximum Gasteiger partial charge on any atom is 0.410 e. The van der Waals surface area contributed by atoms with E-state index >= 15 is 14.4 Å². The number of benzene rings is 4. The van der Waals surface area contributed by atoms with Gasteiger partial charge in [0, 0.05) is 82.2 Å². The fraction of sp³-hybridized carbons (Fsp3) is 0.530. The molecule has 0 bridgehead atoms. The molecule has 462 valence electrons. The molecule has 19 nitrogen and oxygen atoms in total. The first-order chi connectivity index (χ1) is 40.6. The van der Waals surface area contributed by atoms with Crippen LogP contribution in [0, 0.1) is 11.2 Å². The van der Waals surface area contributed by atoms with Crippen molar-refractivity contribution in [1.82, 2.24) is 35.1 Å². The Morgan fingerprint density at radius 3 is 2.28 bits per heavy atom. The summed E-state index contributed by atoms with van der Waals surface area (Å²) in [5.74, 6) is -2.43. The molecule has 7 amide bonds. The number of fused-ring (bicyclic) bond motifs is 3. The number of carboxylic acid groups (broad SMARTS) is 1. The molecule has 5 aliphatic rings. The normalized spacial score (nSPS) is 23.2. The van der Waals surface area contributed by atoms with Crippen LogP contribution >= 0.6 is 0 Å². The number of piperazine rings is 1. The lowest BCUT2D eigenvalue weighted by atomic mass is 9.82. The predicted octanol–water partition coefficient (Wildman–Crippen LogP) is 7.67. The third-order valence-corrected chi connectivity index (χ3v) is 17.9. The average Bonchev–Trinajstić information content (AvgIpc) is 2.27. The van der Waals surface area contributed by atoms with E-state index in [1.165, 1.54) is 33.9 Å². The van der Waals surface area contributed by atoms with Gasteiger partial charge < -0.3 is 45.2 Å². The Labute approximate surface area is 504 Å². The van der Waals surface area contributed by atoms with E-state index in [4.69, 9.17) is 9.47 Å². The van der Waals surface area contributed by atoms with Gasteiger partial charge in [-0.25, -0.2) is 14.0 Å². The standard InChI is InChI=1S/C66H86FN9O10/c1-40-33-73(50(36-74(40)62(82)83)35-72-27-28-85-38-41(72)2)37-56(77)76-39-66(10,52-26-21-44(30-54(52)76)29-43-19-23-48(67)24-20-43)61(81)68-49-25-22-46-32-55(59(79)69-53-18-14-16-45-15-12-13-17-51(45)53)75(34-47(46)31-49)60(80)57(64(4,5)6)70-58(78)42(3)71(11)63(84)86-65(7,8)9/h12-13,15,17,19-26,30-31,40-42,50,53,55,57H,14,16,18,27-29,32-39H2,1-11H3,(H,68,81)(H,69,79)(H,70,78)(H,82,83)/t40?,41-,42?,50?,53-,55+,57?,66?/m1/s1. The number of amides is 7. The molecule has 9 rings (SSSR count). The van der Waals surface area contributed by atoms with Gasteiger partial charge in [0.25, 0.3) is 0 Å². The third kappa shape index (κ3) is 14.0. The average molecular weight is 1180 g/mol. The Balaban J connectivity index is 1.00. The van der Waals surface area contributed by atoms with E-state index in [0.717, 1.165) is 47.1 Å². The van der Waals surface area contributed by atoms with Crippen molar-refractivity contribution in [2.24, 2.45) is 5.41 Å². The number of anilines is 2. The summed E-state index contributed by atoms with van der Waals surface area (Å²) in [6, 6.07) is 21.4. The number of hydrogen-bond donors (Lipinski definition) is 4. The zero-order chi connectivity index (χ0) is 62.2. The van der Waals surface area contributed by atoms with Gasteiger partial charge in [-0.1, -0.05) is 75.4 Å². The first kappa shape index (κ1) is 63.1. The number of carbonyl (C=O) groups excluding carboxylic acids is 6. The van der Waals surface area contributed by atoms with Crippen LogP contribution in [0.3, 0.4) is 0 Å². The molecule has 4 aromatic rings. The van der Waals surface area contributed by atoms with Crippen LogP contribution in [0.15, 0.2) is 84.9 Å². The van der Waals surface area contributed by atoms with Crippen molar-refractivity contribution in [2.75, 3.05) is 69.7 Å². The molecule has 86 heavy (non-hydrogen) atoms. The van der Waals surface area contributed by atoms with E-state index in [1.807, 2.05) is 83.1 Å². The van der Waals surface area contributed by atoms with Crippen LogP contribution in [0.1, 0.15) is 127 Å². The van der Waals surface area contributed by atoms with Gasteiger partial charge in [0.15, 0.2) is 0 Å². The fourth-order valence-electron chi connectivity index (χ4n) is 12.7. The van der Waals surface area contributed by atoms with Crippen molar-refractivity contribution in [3.8, 4) is 0 Å². The molecule has 2 saturated heterocycles. The maximum atomic E-state index is 15.4. The number of nitrogens with zero attached hydrogens (tertiary/aromatic N) is 6. The van der Waals surface area contributed by atoms with Crippen molar-refractivity contribution in [2.45, 2.75) is 161 Å². The van der Waals surface area contributed by atoms with Crippen LogP contribution in [0.25, 0.3) is 0 Å². The van der Waals surface area contributed by atoms with E-state index in [-0.39, 0.29) is 74.4 Å². The summed E-state index contributed by atoms with van der Waals surface area (Å²) in [5.41, 5.74) is 4.01. The molecule has 4 aliphatic heterocycles. The van der Waals surface area contributed by atoms with E-state index < -0.39 is 64.5 Å². The van der Waals surface area contributed by atoms with Crippen LogP contribution in [-0.4, -0.2) is 173 Å². The SMILES string of the molecule is CC(C(=O)NC(C(=O)N1Cc2cc(NC(=O)C3(C)CN(C(=O)CN4CC(C)N(C(=O)O)CC4CN4CCOC[C@H]4C)c4cc(Cc5ccc(F)cc5)ccc43)ccc2C[C@H]1C(=O)N[C@@H]1CCCc2ccccc21)C(C)(C)C)N(C)C(=O)OC(C)(C)C. The first-order valence-corrected chi connectivity index (χ1v) is 30.2. The monoisotopic (exact) mass is 1180 g/mol. The summed E-state index contributed by atoms with van der Waals surface area (Å²) in [5, 5.41) is 19.6. The highest BCUT2D eigenvalue weighted by atomic mass is 19.1. The summed E-state index contributed by atoms with van der Waals surface area (Å²) in [4.78, 5) is 110. The quantitative estimate of drug-likeness (QED) is 0.0958. The smallest absolute Gasteiger partial charge is 0.410 e. The van der Waals surface area contributed by atoms with Gasteiger partial charge >= 0.3 is 12.2 Å². The van der Waals surface area contributed by atoms with Crippen molar-refractivity contribution < 1.29 is 52.5 Å². The van der Waals surface area contributed by atoms with Crippen molar-refractivity contribution >= 4 is 53.1 Å². The summed E-state index contributed by atoms with van der Waals surface area (Å²) < 4.78 is 25.3. The molecular formula is C66H86FN9O10. The minimum Gasteiger partial charge on any atom is -0.465 e. The van der Waals surface area contributed by atoms with Gasteiger partial charge in [-0.05, 0) is 149 Å². The lowest BCUT2D eigenvalue weighted by molar-refractivity contribution is -0.147. The van der Waals surface area contributed by atoms with Gasteiger partial charge in [0.1, 0.15) is 29.5 Å². The number of hydrogen-bond acceptors (Lipinski definition) is 11. The molecule has 0 radical (unpaired) electrons. The highest BCUT2D eigenvalue weighted by Gasteiger charge is 2.49. The summed E-state index contributed by atoms with van der Waals surface area (Å²) in [7, 11) is 1.46. The number of rotatable bonds is 14. The zero-order valence-electron chi connectivity index (χ0n) is 51.7. The molecule has 5 unspecified atom stereocenters. The Morgan fingerprint density at radius 2 is 1.58 bits per heavy atom. The second-order valence-electron chi connectivity index (χ2n) is 26.6. The largest absolute Gasteiger partial charge is 0.465 e. The van der Waals surface area contributed by atoms with Crippen LogP contribution in [0.5, 0.6) is 0 Å². The van der Waals surface area contributed by atoms with Gasteiger partial charge in [-0.2, -0.15) is 0 Å². The topological polar surface area (TPSA) is 214 Å². The number of nitrogens with one attached hydrogen (secondary N) is 3. The molecule has 8 atom stereocenters.